The summed E-state index contributed by atoms with van der Waals surface area (Å²) in [5.74, 6) is 0.542. The van der Waals surface area contributed by atoms with Gasteiger partial charge in [-0.3, -0.25) is 14.7 Å². The standard InChI is InChI=1S/C17H13ClN4O3/c1-9-13(17(24)21(2)25-9)10-3-5-11(6-4-10)22-16(23)12-7-8-19-15(18)14(12)20-22/h3-8,20H,1-2H3. The molecule has 1 N–H and O–H groups in total. The summed E-state index contributed by atoms with van der Waals surface area (Å²) in [5, 5.41) is 3.66. The molecule has 0 saturated carbocycles. The van der Waals surface area contributed by atoms with E-state index in [0.717, 1.165) is 5.56 Å². The second-order valence-electron chi connectivity index (χ2n) is 5.65. The molecule has 25 heavy (non-hydrogen) atoms. The van der Waals surface area contributed by atoms with Crippen molar-refractivity contribution in [2.45, 2.75) is 6.92 Å². The van der Waals surface area contributed by atoms with Crippen LogP contribution in [-0.2, 0) is 7.05 Å². The maximum absolute atomic E-state index is 12.5. The van der Waals surface area contributed by atoms with Crippen molar-refractivity contribution in [3.05, 3.63) is 68.1 Å². The first-order valence-electron chi connectivity index (χ1n) is 7.50. The topological polar surface area (TPSA) is 85.8 Å². The van der Waals surface area contributed by atoms with E-state index >= 15 is 0 Å². The zero-order valence-corrected chi connectivity index (χ0v) is 14.2. The summed E-state index contributed by atoms with van der Waals surface area (Å²) in [6.45, 7) is 1.74. The van der Waals surface area contributed by atoms with Gasteiger partial charge in [0.05, 0.1) is 16.6 Å². The van der Waals surface area contributed by atoms with Crippen molar-refractivity contribution in [2.24, 2.45) is 7.05 Å². The van der Waals surface area contributed by atoms with Crippen LogP contribution in [-0.4, -0.2) is 19.5 Å². The van der Waals surface area contributed by atoms with Crippen LogP contribution in [0.2, 0.25) is 5.15 Å². The molecule has 0 aliphatic rings. The molecule has 3 heterocycles. The van der Waals surface area contributed by atoms with Crippen molar-refractivity contribution in [1.82, 2.24) is 19.5 Å². The van der Waals surface area contributed by atoms with Crippen LogP contribution in [0.3, 0.4) is 0 Å². The molecule has 0 radical (unpaired) electrons. The van der Waals surface area contributed by atoms with Crippen LogP contribution in [0.4, 0.5) is 0 Å². The zero-order valence-electron chi connectivity index (χ0n) is 13.4. The van der Waals surface area contributed by atoms with Gasteiger partial charge < -0.3 is 4.52 Å². The Morgan fingerprint density at radius 2 is 1.84 bits per heavy atom. The Morgan fingerprint density at radius 1 is 1.12 bits per heavy atom. The van der Waals surface area contributed by atoms with Crippen LogP contribution >= 0.6 is 11.6 Å². The number of halogens is 1. The third-order valence-corrected chi connectivity index (χ3v) is 4.39. The summed E-state index contributed by atoms with van der Waals surface area (Å²) in [4.78, 5) is 28.6. The van der Waals surface area contributed by atoms with E-state index in [1.54, 1.807) is 44.3 Å². The summed E-state index contributed by atoms with van der Waals surface area (Å²) < 4.78 is 7.89. The Labute approximate surface area is 146 Å². The Bertz CT molecular complexity index is 1210. The van der Waals surface area contributed by atoms with Gasteiger partial charge >= 0.3 is 0 Å². The number of pyridine rings is 1. The van der Waals surface area contributed by atoms with Gasteiger partial charge in [0.15, 0.2) is 5.15 Å². The number of fused-ring (bicyclic) bond motifs is 1. The van der Waals surface area contributed by atoms with Crippen molar-refractivity contribution in [3.8, 4) is 16.8 Å². The minimum absolute atomic E-state index is 0.203. The van der Waals surface area contributed by atoms with Gasteiger partial charge in [0, 0.05) is 13.2 Å². The lowest BCUT2D eigenvalue weighted by Gasteiger charge is -2.03. The summed E-state index contributed by atoms with van der Waals surface area (Å²) in [6, 6.07) is 8.65. The van der Waals surface area contributed by atoms with Crippen molar-refractivity contribution >= 4 is 22.5 Å². The summed E-state index contributed by atoms with van der Waals surface area (Å²) in [5.41, 5.74) is 1.91. The highest BCUT2D eigenvalue weighted by Gasteiger charge is 2.15. The average Bonchev–Trinajstić information content (AvgIpc) is 3.06. The minimum atomic E-state index is -0.220. The molecular formula is C17H13ClN4O3. The molecule has 0 aliphatic heterocycles. The third-order valence-electron chi connectivity index (χ3n) is 4.10. The number of aryl methyl sites for hydroxylation is 2. The van der Waals surface area contributed by atoms with Gasteiger partial charge in [-0.15, -0.1) is 0 Å². The Balaban J connectivity index is 1.84. The molecule has 0 bridgehead atoms. The molecule has 0 saturated heterocycles. The van der Waals surface area contributed by atoms with Crippen LogP contribution in [0.1, 0.15) is 5.76 Å². The number of aromatic nitrogens is 4. The second-order valence-corrected chi connectivity index (χ2v) is 6.01. The van der Waals surface area contributed by atoms with E-state index in [1.807, 2.05) is 0 Å². The van der Waals surface area contributed by atoms with Crippen molar-refractivity contribution in [3.63, 3.8) is 0 Å². The molecule has 8 heteroatoms. The van der Waals surface area contributed by atoms with E-state index in [4.69, 9.17) is 16.1 Å². The number of rotatable bonds is 2. The average molecular weight is 357 g/mol. The predicted octanol–water partition coefficient (Wildman–Crippen LogP) is 2.63. The zero-order chi connectivity index (χ0) is 17.7. The normalized spacial score (nSPS) is 11.3. The molecule has 0 amide bonds. The monoisotopic (exact) mass is 356 g/mol. The molecular weight excluding hydrogens is 344 g/mol. The molecule has 4 rings (SSSR count). The number of H-pyrrole nitrogens is 1. The molecule has 1 aromatic carbocycles. The molecule has 0 fully saturated rings. The van der Waals surface area contributed by atoms with Crippen LogP contribution in [0.15, 0.2) is 50.6 Å². The van der Waals surface area contributed by atoms with Gasteiger partial charge in [-0.2, -0.15) is 4.74 Å². The largest absolute Gasteiger partial charge is 0.381 e. The Hall–Kier alpha value is -3.06. The van der Waals surface area contributed by atoms with Crippen molar-refractivity contribution < 1.29 is 4.52 Å². The van der Waals surface area contributed by atoms with Crippen molar-refractivity contribution in [2.75, 3.05) is 0 Å². The molecule has 7 nitrogen and oxygen atoms in total. The molecule has 3 aromatic heterocycles. The highest BCUT2D eigenvalue weighted by atomic mass is 35.5. The third kappa shape index (κ3) is 2.32. The van der Waals surface area contributed by atoms with Crippen LogP contribution in [0, 0.1) is 6.92 Å². The fourth-order valence-electron chi connectivity index (χ4n) is 2.89. The molecule has 4 aromatic rings. The lowest BCUT2D eigenvalue weighted by Crippen LogP contribution is -2.14. The minimum Gasteiger partial charge on any atom is -0.381 e. The maximum atomic E-state index is 12.5. The molecule has 126 valence electrons. The highest BCUT2D eigenvalue weighted by molar-refractivity contribution is 6.33. The van der Waals surface area contributed by atoms with Gasteiger partial charge in [-0.1, -0.05) is 23.7 Å². The smallest absolute Gasteiger partial charge is 0.290 e. The van der Waals surface area contributed by atoms with Gasteiger partial charge in [0.25, 0.3) is 11.1 Å². The van der Waals surface area contributed by atoms with E-state index in [1.165, 1.54) is 15.6 Å². The van der Waals surface area contributed by atoms with Gasteiger partial charge in [0.1, 0.15) is 11.3 Å². The van der Waals surface area contributed by atoms with E-state index in [2.05, 4.69) is 10.1 Å². The van der Waals surface area contributed by atoms with Gasteiger partial charge in [-0.05, 0) is 30.7 Å². The lowest BCUT2D eigenvalue weighted by atomic mass is 10.1. The number of nitrogens with zero attached hydrogens (tertiary/aromatic N) is 3. The number of hydrogen-bond acceptors (Lipinski definition) is 4. The van der Waals surface area contributed by atoms with E-state index < -0.39 is 0 Å². The summed E-state index contributed by atoms with van der Waals surface area (Å²) in [7, 11) is 1.56. The van der Waals surface area contributed by atoms with Gasteiger partial charge in [0.2, 0.25) is 0 Å². The number of nitrogens with one attached hydrogen (secondary N) is 1. The second kappa shape index (κ2) is 5.49. The van der Waals surface area contributed by atoms with Crippen LogP contribution in [0.5, 0.6) is 0 Å². The molecule has 0 atom stereocenters. The van der Waals surface area contributed by atoms with Crippen molar-refractivity contribution in [1.29, 1.82) is 0 Å². The first-order chi connectivity index (χ1) is 12.0. The van der Waals surface area contributed by atoms with E-state index in [0.29, 0.717) is 27.9 Å². The van der Waals surface area contributed by atoms with Gasteiger partial charge in [-0.25, -0.2) is 9.67 Å². The molecule has 0 spiro atoms. The van der Waals surface area contributed by atoms with E-state index in [-0.39, 0.29) is 16.3 Å². The molecule has 0 unspecified atom stereocenters. The molecule has 0 aliphatic carbocycles. The summed E-state index contributed by atoms with van der Waals surface area (Å²) in [6.07, 6.45) is 1.49. The number of hydrogen-bond donors (Lipinski definition) is 1. The first-order valence-corrected chi connectivity index (χ1v) is 7.88. The lowest BCUT2D eigenvalue weighted by molar-refractivity contribution is 0.283. The van der Waals surface area contributed by atoms with Crippen LogP contribution < -0.4 is 11.1 Å². The fourth-order valence-corrected chi connectivity index (χ4v) is 3.09. The number of aromatic amines is 1. The Morgan fingerprint density at radius 3 is 2.44 bits per heavy atom. The fraction of sp³-hybridized carbons (Fsp3) is 0.118. The van der Waals surface area contributed by atoms with Crippen LogP contribution in [0.25, 0.3) is 27.7 Å². The SMILES string of the molecule is Cc1on(C)c(=O)c1-c1ccc(-n2[nH]c3c(Cl)nccc3c2=O)cc1. The predicted molar refractivity (Wildman–Crippen MR) is 94.4 cm³/mol. The maximum Gasteiger partial charge on any atom is 0.290 e. The first kappa shape index (κ1) is 15.5. The number of benzene rings is 1. The summed E-state index contributed by atoms with van der Waals surface area (Å²) >= 11 is 6.03. The quantitative estimate of drug-likeness (QED) is 0.559. The van der Waals surface area contributed by atoms with E-state index in [9.17, 15) is 9.59 Å². The highest BCUT2D eigenvalue weighted by Crippen LogP contribution is 2.22. The Kier molecular flexibility index (Phi) is 3.40.